The lowest BCUT2D eigenvalue weighted by Gasteiger charge is -2.05. The summed E-state index contributed by atoms with van der Waals surface area (Å²) >= 11 is 0. The molecular formula is C22H19N3O3. The third kappa shape index (κ3) is 4.82. The Kier molecular flexibility index (Phi) is 5.81. The largest absolute Gasteiger partial charge is 0.423 e. The van der Waals surface area contributed by atoms with E-state index >= 15 is 0 Å². The van der Waals surface area contributed by atoms with Crippen molar-refractivity contribution < 1.29 is 14.3 Å². The number of nitrogens with two attached hydrogens (primary N) is 1. The molecule has 0 radical (unpaired) electrons. The number of carbonyl (C=O) groups is 2. The van der Waals surface area contributed by atoms with E-state index in [2.05, 4.69) is 10.5 Å². The molecule has 6 heteroatoms. The number of nitrogens with zero attached hydrogens (tertiary/aromatic N) is 1. The topological polar surface area (TPSA) is 93.8 Å². The van der Waals surface area contributed by atoms with E-state index in [0.29, 0.717) is 22.6 Å². The standard InChI is InChI=1S/C22H19N3O3/c1-15-5-4-6-17(13-15)22(27)28-18-11-9-16(10-12-18)14-24-25-21(26)19-7-2-3-8-20(19)23/h2-14H,23H2,1H3,(H,25,26)/b24-14+. The Bertz CT molecular complexity index is 1030. The molecule has 3 N–H and O–H groups in total. The molecule has 28 heavy (non-hydrogen) atoms. The molecule has 140 valence electrons. The molecule has 6 nitrogen and oxygen atoms in total. The molecular weight excluding hydrogens is 354 g/mol. The van der Waals surface area contributed by atoms with Gasteiger partial charge in [-0.3, -0.25) is 4.79 Å². The molecule has 0 unspecified atom stereocenters. The third-order valence-electron chi connectivity index (χ3n) is 3.93. The lowest BCUT2D eigenvalue weighted by molar-refractivity contribution is 0.0734. The van der Waals surface area contributed by atoms with Gasteiger partial charge in [-0.05, 0) is 61.0 Å². The second kappa shape index (κ2) is 8.64. The van der Waals surface area contributed by atoms with Crippen LogP contribution >= 0.6 is 0 Å². The highest BCUT2D eigenvalue weighted by atomic mass is 16.5. The van der Waals surface area contributed by atoms with Gasteiger partial charge in [0.15, 0.2) is 0 Å². The Labute approximate surface area is 162 Å². The first-order chi connectivity index (χ1) is 13.5. The third-order valence-corrected chi connectivity index (χ3v) is 3.93. The van der Waals surface area contributed by atoms with Crippen LogP contribution < -0.4 is 15.9 Å². The fourth-order valence-corrected chi connectivity index (χ4v) is 2.49. The number of amides is 1. The van der Waals surface area contributed by atoms with E-state index in [9.17, 15) is 9.59 Å². The van der Waals surface area contributed by atoms with Crippen LogP contribution in [0.15, 0.2) is 77.9 Å². The number of carbonyl (C=O) groups excluding carboxylic acids is 2. The minimum absolute atomic E-state index is 0.359. The van der Waals surface area contributed by atoms with Crippen LogP contribution in [-0.4, -0.2) is 18.1 Å². The van der Waals surface area contributed by atoms with Gasteiger partial charge in [0.25, 0.3) is 5.91 Å². The number of nitrogens with one attached hydrogen (secondary N) is 1. The molecule has 1 amide bonds. The van der Waals surface area contributed by atoms with E-state index in [-0.39, 0.29) is 0 Å². The maximum absolute atomic E-state index is 12.2. The van der Waals surface area contributed by atoms with Gasteiger partial charge in [-0.2, -0.15) is 5.10 Å². The number of nitrogen functional groups attached to an aromatic ring is 1. The quantitative estimate of drug-likeness (QED) is 0.235. The second-order valence-corrected chi connectivity index (χ2v) is 6.11. The van der Waals surface area contributed by atoms with Gasteiger partial charge in [0.2, 0.25) is 0 Å². The summed E-state index contributed by atoms with van der Waals surface area (Å²) in [6.07, 6.45) is 1.49. The lowest BCUT2D eigenvalue weighted by Crippen LogP contribution is -2.18. The molecule has 3 aromatic rings. The Morgan fingerprint density at radius 3 is 2.46 bits per heavy atom. The monoisotopic (exact) mass is 373 g/mol. The average molecular weight is 373 g/mol. The van der Waals surface area contributed by atoms with Crippen LogP contribution in [0.4, 0.5) is 5.69 Å². The zero-order chi connectivity index (χ0) is 19.9. The Morgan fingerprint density at radius 2 is 1.75 bits per heavy atom. The molecule has 0 heterocycles. The van der Waals surface area contributed by atoms with E-state index in [1.54, 1.807) is 60.7 Å². The highest BCUT2D eigenvalue weighted by Crippen LogP contribution is 2.14. The maximum Gasteiger partial charge on any atom is 0.343 e. The number of benzene rings is 3. The first kappa shape index (κ1) is 18.8. The second-order valence-electron chi connectivity index (χ2n) is 6.11. The normalized spacial score (nSPS) is 10.6. The molecule has 0 aromatic heterocycles. The molecule has 3 aromatic carbocycles. The molecule has 0 aliphatic carbocycles. The summed E-state index contributed by atoms with van der Waals surface area (Å²) < 4.78 is 5.36. The van der Waals surface area contributed by atoms with Crippen molar-refractivity contribution in [2.75, 3.05) is 5.73 Å². The molecule has 0 bridgehead atoms. The van der Waals surface area contributed by atoms with Crippen molar-refractivity contribution in [3.63, 3.8) is 0 Å². The van der Waals surface area contributed by atoms with Crippen LogP contribution in [0, 0.1) is 6.92 Å². The SMILES string of the molecule is Cc1cccc(C(=O)Oc2ccc(/C=N/NC(=O)c3ccccc3N)cc2)c1. The number of ether oxygens (including phenoxy) is 1. The fraction of sp³-hybridized carbons (Fsp3) is 0.0455. The predicted molar refractivity (Wildman–Crippen MR) is 108 cm³/mol. The van der Waals surface area contributed by atoms with Gasteiger partial charge >= 0.3 is 5.97 Å². The molecule has 3 rings (SSSR count). The number of esters is 1. The smallest absolute Gasteiger partial charge is 0.343 e. The highest BCUT2D eigenvalue weighted by molar-refractivity contribution is 5.99. The summed E-state index contributed by atoms with van der Waals surface area (Å²) in [5.74, 6) is -0.388. The van der Waals surface area contributed by atoms with Gasteiger partial charge in [0, 0.05) is 5.69 Å². The minimum atomic E-state index is -0.419. The molecule has 0 fully saturated rings. The number of aryl methyl sites for hydroxylation is 1. The average Bonchev–Trinajstić information content (AvgIpc) is 2.69. The van der Waals surface area contributed by atoms with E-state index in [0.717, 1.165) is 11.1 Å². The van der Waals surface area contributed by atoms with Gasteiger partial charge in [0.1, 0.15) is 5.75 Å². The zero-order valence-corrected chi connectivity index (χ0v) is 15.3. The summed E-state index contributed by atoms with van der Waals surface area (Å²) in [7, 11) is 0. The Hall–Kier alpha value is -3.93. The van der Waals surface area contributed by atoms with Crippen molar-refractivity contribution in [3.05, 3.63) is 95.1 Å². The molecule has 0 spiro atoms. The molecule has 0 saturated carbocycles. The van der Waals surface area contributed by atoms with Crippen LogP contribution in [-0.2, 0) is 0 Å². The van der Waals surface area contributed by atoms with E-state index in [1.165, 1.54) is 6.21 Å². The lowest BCUT2D eigenvalue weighted by atomic mass is 10.1. The number of para-hydroxylation sites is 1. The Balaban J connectivity index is 1.58. The summed E-state index contributed by atoms with van der Waals surface area (Å²) in [6, 6.07) is 20.7. The van der Waals surface area contributed by atoms with Crippen molar-refractivity contribution in [1.82, 2.24) is 5.43 Å². The van der Waals surface area contributed by atoms with Gasteiger partial charge < -0.3 is 10.5 Å². The highest BCUT2D eigenvalue weighted by Gasteiger charge is 2.09. The van der Waals surface area contributed by atoms with Crippen molar-refractivity contribution in [2.24, 2.45) is 5.10 Å². The number of rotatable bonds is 5. The molecule has 0 atom stereocenters. The molecule has 0 aliphatic rings. The van der Waals surface area contributed by atoms with Crippen molar-refractivity contribution in [2.45, 2.75) is 6.92 Å². The van der Waals surface area contributed by atoms with Gasteiger partial charge in [-0.15, -0.1) is 0 Å². The predicted octanol–water partition coefficient (Wildman–Crippen LogP) is 3.56. The summed E-state index contributed by atoms with van der Waals surface area (Å²) in [5, 5.41) is 3.92. The van der Waals surface area contributed by atoms with Gasteiger partial charge in [0.05, 0.1) is 17.3 Å². The van der Waals surface area contributed by atoms with E-state index in [4.69, 9.17) is 10.5 Å². The number of hydrogen-bond donors (Lipinski definition) is 2. The fourth-order valence-electron chi connectivity index (χ4n) is 2.49. The molecule has 0 saturated heterocycles. The minimum Gasteiger partial charge on any atom is -0.423 e. The van der Waals surface area contributed by atoms with Crippen molar-refractivity contribution >= 4 is 23.8 Å². The van der Waals surface area contributed by atoms with Crippen molar-refractivity contribution in [1.29, 1.82) is 0 Å². The Morgan fingerprint density at radius 1 is 1.00 bits per heavy atom. The van der Waals surface area contributed by atoms with E-state index < -0.39 is 11.9 Å². The van der Waals surface area contributed by atoms with Crippen LogP contribution in [0.25, 0.3) is 0 Å². The summed E-state index contributed by atoms with van der Waals surface area (Å²) in [6.45, 7) is 1.91. The summed E-state index contributed by atoms with van der Waals surface area (Å²) in [5.41, 5.74) is 11.1. The van der Waals surface area contributed by atoms with Crippen LogP contribution in [0.1, 0.15) is 31.8 Å². The molecule has 0 aliphatic heterocycles. The first-order valence-electron chi connectivity index (χ1n) is 8.60. The number of hydrazone groups is 1. The van der Waals surface area contributed by atoms with Crippen LogP contribution in [0.3, 0.4) is 0 Å². The van der Waals surface area contributed by atoms with Crippen LogP contribution in [0.2, 0.25) is 0 Å². The van der Waals surface area contributed by atoms with Gasteiger partial charge in [-0.25, -0.2) is 10.2 Å². The van der Waals surface area contributed by atoms with Gasteiger partial charge in [-0.1, -0.05) is 29.8 Å². The zero-order valence-electron chi connectivity index (χ0n) is 15.3. The number of anilines is 1. The van der Waals surface area contributed by atoms with Crippen molar-refractivity contribution in [3.8, 4) is 5.75 Å². The summed E-state index contributed by atoms with van der Waals surface area (Å²) in [4.78, 5) is 24.2. The number of hydrogen-bond acceptors (Lipinski definition) is 5. The first-order valence-corrected chi connectivity index (χ1v) is 8.60. The van der Waals surface area contributed by atoms with E-state index in [1.807, 2.05) is 19.1 Å². The maximum atomic E-state index is 12.2. The van der Waals surface area contributed by atoms with Crippen LogP contribution in [0.5, 0.6) is 5.75 Å².